The number of amides is 1. The molecule has 0 aliphatic rings. The molecule has 1 atom stereocenters. The van der Waals surface area contributed by atoms with E-state index in [4.69, 9.17) is 5.73 Å². The Balaban J connectivity index is 0.00000162. The number of nitrogens with one attached hydrogen (secondary N) is 2. The molecule has 2 aromatic rings. The fourth-order valence-corrected chi connectivity index (χ4v) is 1.57. The van der Waals surface area contributed by atoms with Crippen LogP contribution in [0.15, 0.2) is 24.3 Å². The lowest BCUT2D eigenvalue weighted by Crippen LogP contribution is -2.19. The van der Waals surface area contributed by atoms with Crippen LogP contribution in [0.5, 0.6) is 0 Å². The van der Waals surface area contributed by atoms with E-state index in [2.05, 4.69) is 15.3 Å². The number of anilines is 1. The molecule has 1 unspecified atom stereocenters. The minimum absolute atomic E-state index is 0. The first-order valence-electron chi connectivity index (χ1n) is 5.65. The molecule has 18 heavy (non-hydrogen) atoms. The van der Waals surface area contributed by atoms with Crippen molar-refractivity contribution >= 4 is 35.3 Å². The maximum atomic E-state index is 11.6. The van der Waals surface area contributed by atoms with Gasteiger partial charge in [0.05, 0.1) is 11.0 Å². The smallest absolute Gasteiger partial charge is 0.226 e. The lowest BCUT2D eigenvalue weighted by atomic mass is 10.2. The highest BCUT2D eigenvalue weighted by atomic mass is 35.5. The van der Waals surface area contributed by atoms with E-state index in [-0.39, 0.29) is 24.4 Å². The lowest BCUT2D eigenvalue weighted by Gasteiger charge is -2.04. The van der Waals surface area contributed by atoms with Crippen molar-refractivity contribution in [2.24, 2.45) is 5.73 Å². The number of carbonyl (C=O) groups is 1. The molecule has 98 valence electrons. The maximum absolute atomic E-state index is 11.6. The first-order valence-corrected chi connectivity index (χ1v) is 5.65. The number of benzene rings is 1. The zero-order chi connectivity index (χ0) is 12.3. The third-order valence-corrected chi connectivity index (χ3v) is 2.47. The Morgan fingerprint density at radius 1 is 1.50 bits per heavy atom. The van der Waals surface area contributed by atoms with E-state index in [0.717, 1.165) is 11.0 Å². The summed E-state index contributed by atoms with van der Waals surface area (Å²) in [6.45, 7) is 1.88. The van der Waals surface area contributed by atoms with Crippen LogP contribution < -0.4 is 11.1 Å². The van der Waals surface area contributed by atoms with E-state index < -0.39 is 0 Å². The number of aromatic amines is 1. The third kappa shape index (κ3) is 3.72. The number of halogens is 1. The Morgan fingerprint density at radius 3 is 2.89 bits per heavy atom. The molecular formula is C12H17ClN4O. The summed E-state index contributed by atoms with van der Waals surface area (Å²) in [5.41, 5.74) is 7.35. The molecule has 2 rings (SSSR count). The van der Waals surface area contributed by atoms with Gasteiger partial charge in [0.1, 0.15) is 0 Å². The van der Waals surface area contributed by atoms with Crippen molar-refractivity contribution in [2.75, 3.05) is 5.32 Å². The van der Waals surface area contributed by atoms with E-state index in [1.807, 2.05) is 31.2 Å². The van der Waals surface area contributed by atoms with Gasteiger partial charge in [-0.05, 0) is 25.5 Å². The fourth-order valence-electron chi connectivity index (χ4n) is 1.57. The number of para-hydroxylation sites is 2. The van der Waals surface area contributed by atoms with Gasteiger partial charge in [0.15, 0.2) is 0 Å². The van der Waals surface area contributed by atoms with Crippen molar-refractivity contribution in [3.05, 3.63) is 24.3 Å². The van der Waals surface area contributed by atoms with Crippen LogP contribution in [0.3, 0.4) is 0 Å². The number of hydrogen-bond donors (Lipinski definition) is 3. The number of aromatic nitrogens is 2. The summed E-state index contributed by atoms with van der Waals surface area (Å²) >= 11 is 0. The molecule has 4 N–H and O–H groups in total. The van der Waals surface area contributed by atoms with Crippen molar-refractivity contribution in [2.45, 2.75) is 25.8 Å². The second kappa shape index (κ2) is 6.37. The van der Waals surface area contributed by atoms with Crippen LogP contribution in [0.1, 0.15) is 19.8 Å². The van der Waals surface area contributed by atoms with Gasteiger partial charge < -0.3 is 10.7 Å². The van der Waals surface area contributed by atoms with Gasteiger partial charge in [0, 0.05) is 12.5 Å². The summed E-state index contributed by atoms with van der Waals surface area (Å²) in [5, 5.41) is 2.73. The predicted octanol–water partition coefficient (Wildman–Crippen LogP) is 2.05. The maximum Gasteiger partial charge on any atom is 0.226 e. The van der Waals surface area contributed by atoms with Crippen LogP contribution >= 0.6 is 12.4 Å². The number of nitrogens with two attached hydrogens (primary N) is 1. The topological polar surface area (TPSA) is 83.8 Å². The highest BCUT2D eigenvalue weighted by molar-refractivity contribution is 5.91. The van der Waals surface area contributed by atoms with Crippen molar-refractivity contribution in [1.29, 1.82) is 0 Å². The number of nitrogens with zero attached hydrogens (tertiary/aromatic N) is 1. The quantitative estimate of drug-likeness (QED) is 0.793. The van der Waals surface area contributed by atoms with E-state index in [1.54, 1.807) is 0 Å². The standard InChI is InChI=1S/C12H16N4O.ClH/c1-8(13)6-7-11(17)16-12-14-9-4-2-3-5-10(9)15-12;/h2-5,8H,6-7,13H2,1H3,(H2,14,15,16,17);1H. The number of fused-ring (bicyclic) bond motifs is 1. The number of H-pyrrole nitrogens is 1. The summed E-state index contributed by atoms with van der Waals surface area (Å²) in [7, 11) is 0. The van der Waals surface area contributed by atoms with Gasteiger partial charge in [-0.25, -0.2) is 4.98 Å². The Bertz CT molecular complexity index is 491. The molecule has 0 bridgehead atoms. The van der Waals surface area contributed by atoms with Crippen LogP contribution in [0.4, 0.5) is 5.95 Å². The summed E-state index contributed by atoms with van der Waals surface area (Å²) < 4.78 is 0. The van der Waals surface area contributed by atoms with Gasteiger partial charge in [-0.1, -0.05) is 12.1 Å². The van der Waals surface area contributed by atoms with Gasteiger partial charge in [-0.3, -0.25) is 10.1 Å². The second-order valence-electron chi connectivity index (χ2n) is 4.17. The first kappa shape index (κ1) is 14.5. The summed E-state index contributed by atoms with van der Waals surface area (Å²) in [5.74, 6) is 0.419. The highest BCUT2D eigenvalue weighted by Gasteiger charge is 2.07. The van der Waals surface area contributed by atoms with Gasteiger partial charge >= 0.3 is 0 Å². The van der Waals surface area contributed by atoms with Crippen molar-refractivity contribution in [3.63, 3.8) is 0 Å². The van der Waals surface area contributed by atoms with Crippen LogP contribution in [0, 0.1) is 0 Å². The number of imidazole rings is 1. The van der Waals surface area contributed by atoms with Crippen LogP contribution in [0.25, 0.3) is 11.0 Å². The third-order valence-electron chi connectivity index (χ3n) is 2.47. The Labute approximate surface area is 112 Å². The second-order valence-corrected chi connectivity index (χ2v) is 4.17. The summed E-state index contributed by atoms with van der Waals surface area (Å²) in [4.78, 5) is 18.9. The monoisotopic (exact) mass is 268 g/mol. The molecule has 6 heteroatoms. The number of carbonyl (C=O) groups excluding carboxylic acids is 1. The largest absolute Gasteiger partial charge is 0.328 e. The molecule has 0 aliphatic heterocycles. The van der Waals surface area contributed by atoms with Crippen LogP contribution in [-0.4, -0.2) is 21.9 Å². The minimum Gasteiger partial charge on any atom is -0.328 e. The Kier molecular flexibility index (Phi) is 5.12. The Morgan fingerprint density at radius 2 is 2.22 bits per heavy atom. The molecule has 1 amide bonds. The van der Waals surface area contributed by atoms with Gasteiger partial charge in [0.2, 0.25) is 11.9 Å². The molecule has 0 aliphatic carbocycles. The molecule has 0 saturated carbocycles. The van der Waals surface area contributed by atoms with E-state index >= 15 is 0 Å². The molecule has 0 radical (unpaired) electrons. The van der Waals surface area contributed by atoms with Crippen molar-refractivity contribution in [3.8, 4) is 0 Å². The van der Waals surface area contributed by atoms with Gasteiger partial charge in [0.25, 0.3) is 0 Å². The SMILES string of the molecule is CC(N)CCC(=O)Nc1nc2ccccc2[nH]1.Cl. The van der Waals surface area contributed by atoms with E-state index in [1.165, 1.54) is 0 Å². The molecule has 1 heterocycles. The molecule has 1 aromatic heterocycles. The van der Waals surface area contributed by atoms with E-state index in [0.29, 0.717) is 18.8 Å². The molecular weight excluding hydrogens is 252 g/mol. The Hall–Kier alpha value is -1.59. The molecule has 1 aromatic carbocycles. The number of hydrogen-bond acceptors (Lipinski definition) is 3. The number of rotatable bonds is 4. The predicted molar refractivity (Wildman–Crippen MR) is 74.9 cm³/mol. The van der Waals surface area contributed by atoms with Crippen LogP contribution in [0.2, 0.25) is 0 Å². The highest BCUT2D eigenvalue weighted by Crippen LogP contribution is 2.13. The van der Waals surface area contributed by atoms with Gasteiger partial charge in [-0.15, -0.1) is 12.4 Å². The molecule has 0 spiro atoms. The zero-order valence-electron chi connectivity index (χ0n) is 10.1. The summed E-state index contributed by atoms with van der Waals surface area (Å²) in [6.07, 6.45) is 1.08. The minimum atomic E-state index is -0.0682. The van der Waals surface area contributed by atoms with Gasteiger partial charge in [-0.2, -0.15) is 0 Å². The van der Waals surface area contributed by atoms with Crippen molar-refractivity contribution < 1.29 is 4.79 Å². The molecule has 5 nitrogen and oxygen atoms in total. The van der Waals surface area contributed by atoms with E-state index in [9.17, 15) is 4.79 Å². The first-order chi connectivity index (χ1) is 8.15. The average molecular weight is 269 g/mol. The molecule has 0 fully saturated rings. The summed E-state index contributed by atoms with van der Waals surface area (Å²) in [6, 6.07) is 7.67. The normalized spacial score (nSPS) is 11.9. The van der Waals surface area contributed by atoms with Crippen LogP contribution in [-0.2, 0) is 4.79 Å². The zero-order valence-corrected chi connectivity index (χ0v) is 11.0. The lowest BCUT2D eigenvalue weighted by molar-refractivity contribution is -0.116. The molecule has 0 saturated heterocycles. The van der Waals surface area contributed by atoms with Crippen molar-refractivity contribution in [1.82, 2.24) is 9.97 Å². The average Bonchev–Trinajstić information content (AvgIpc) is 2.68. The fraction of sp³-hybridized carbons (Fsp3) is 0.333.